The van der Waals surface area contributed by atoms with Crippen molar-refractivity contribution < 1.29 is 15.1 Å². The molecule has 2 N–H and O–H groups in total. The van der Waals surface area contributed by atoms with E-state index in [2.05, 4.69) is 15.9 Å². The van der Waals surface area contributed by atoms with Gasteiger partial charge in [-0.05, 0) is 34.0 Å². The van der Waals surface area contributed by atoms with Crippen LogP contribution in [0.2, 0.25) is 0 Å². The van der Waals surface area contributed by atoms with Gasteiger partial charge in [0.2, 0.25) is 5.75 Å². The van der Waals surface area contributed by atoms with E-state index in [1.807, 2.05) is 0 Å². The zero-order chi connectivity index (χ0) is 10.7. The van der Waals surface area contributed by atoms with Gasteiger partial charge in [0.1, 0.15) is 0 Å². The third-order valence-corrected chi connectivity index (χ3v) is 2.30. The fourth-order valence-electron chi connectivity index (χ4n) is 1.05. The molecule has 0 amide bonds. The van der Waals surface area contributed by atoms with Crippen LogP contribution in [-0.2, 0) is 6.42 Å². The van der Waals surface area contributed by atoms with E-state index in [0.717, 1.165) is 0 Å². The highest BCUT2D eigenvalue weighted by Crippen LogP contribution is 2.34. The van der Waals surface area contributed by atoms with Crippen molar-refractivity contribution in [2.24, 2.45) is 0 Å². The monoisotopic (exact) mass is 261 g/mol. The number of hydrogen-bond acceptors (Lipinski definition) is 4. The fraction of sp³-hybridized carbons (Fsp3) is 0.250. The zero-order valence-electron chi connectivity index (χ0n) is 7.11. The molecule has 1 aromatic rings. The molecule has 0 bridgehead atoms. The van der Waals surface area contributed by atoms with Crippen molar-refractivity contribution in [3.05, 3.63) is 32.3 Å². The van der Waals surface area contributed by atoms with Crippen LogP contribution < -0.4 is 0 Å². The van der Waals surface area contributed by atoms with E-state index in [4.69, 9.17) is 5.11 Å². The van der Waals surface area contributed by atoms with Gasteiger partial charge >= 0.3 is 5.69 Å². The van der Waals surface area contributed by atoms with Crippen molar-refractivity contribution in [3.8, 4) is 5.75 Å². The van der Waals surface area contributed by atoms with Gasteiger partial charge in [-0.1, -0.05) is 0 Å². The Morgan fingerprint density at radius 3 is 2.64 bits per heavy atom. The number of benzene rings is 1. The van der Waals surface area contributed by atoms with E-state index in [1.165, 1.54) is 6.07 Å². The molecule has 0 saturated carbocycles. The van der Waals surface area contributed by atoms with Crippen molar-refractivity contribution in [2.75, 3.05) is 6.61 Å². The highest BCUT2D eigenvalue weighted by atomic mass is 79.9. The number of aliphatic hydroxyl groups is 1. The van der Waals surface area contributed by atoms with Crippen LogP contribution in [-0.4, -0.2) is 21.7 Å². The summed E-state index contributed by atoms with van der Waals surface area (Å²) in [4.78, 5) is 9.83. The molecule has 0 aliphatic rings. The Morgan fingerprint density at radius 1 is 1.50 bits per heavy atom. The maximum absolute atomic E-state index is 10.5. The van der Waals surface area contributed by atoms with Gasteiger partial charge in [0.25, 0.3) is 0 Å². The molecule has 0 aliphatic heterocycles. The van der Waals surface area contributed by atoms with Gasteiger partial charge in [0.05, 0.1) is 9.40 Å². The van der Waals surface area contributed by atoms with Crippen LogP contribution in [0.25, 0.3) is 0 Å². The number of hydrogen-bond donors (Lipinski definition) is 2. The molecule has 0 aromatic heterocycles. The standard InChI is InChI=1S/C8H8BrNO4/c9-6-3-5(1-2-11)4-7(8(6)12)10(13)14/h3-4,11-12H,1-2H2. The highest BCUT2D eigenvalue weighted by Gasteiger charge is 2.17. The lowest BCUT2D eigenvalue weighted by Gasteiger charge is -2.02. The van der Waals surface area contributed by atoms with Gasteiger partial charge in [0, 0.05) is 12.7 Å². The third kappa shape index (κ3) is 2.21. The lowest BCUT2D eigenvalue weighted by molar-refractivity contribution is -0.386. The zero-order valence-corrected chi connectivity index (χ0v) is 8.69. The summed E-state index contributed by atoms with van der Waals surface area (Å²) in [7, 11) is 0. The lowest BCUT2D eigenvalue weighted by atomic mass is 10.1. The normalized spacial score (nSPS) is 10.1. The molecule has 0 fully saturated rings. The molecule has 5 nitrogen and oxygen atoms in total. The number of phenolic OH excluding ortho intramolecular Hbond substituents is 1. The first-order chi connectivity index (χ1) is 6.56. The second kappa shape index (κ2) is 4.39. The summed E-state index contributed by atoms with van der Waals surface area (Å²) in [6.07, 6.45) is 0.319. The number of aliphatic hydroxyl groups excluding tert-OH is 1. The lowest BCUT2D eigenvalue weighted by Crippen LogP contribution is -1.95. The van der Waals surface area contributed by atoms with E-state index in [0.29, 0.717) is 12.0 Å². The molecular weight excluding hydrogens is 254 g/mol. The third-order valence-electron chi connectivity index (χ3n) is 1.70. The summed E-state index contributed by atoms with van der Waals surface area (Å²) in [5.74, 6) is -0.392. The van der Waals surface area contributed by atoms with Crippen LogP contribution in [0, 0.1) is 10.1 Å². The van der Waals surface area contributed by atoms with Gasteiger partial charge in [-0.3, -0.25) is 10.1 Å². The van der Waals surface area contributed by atoms with Crippen LogP contribution in [0.5, 0.6) is 5.75 Å². The Labute approximate surface area is 88.3 Å². The van der Waals surface area contributed by atoms with E-state index in [1.54, 1.807) is 6.07 Å². The average molecular weight is 262 g/mol. The molecule has 14 heavy (non-hydrogen) atoms. The Bertz CT molecular complexity index is 367. The molecule has 76 valence electrons. The average Bonchev–Trinajstić information content (AvgIpc) is 2.11. The summed E-state index contributed by atoms with van der Waals surface area (Å²) in [6, 6.07) is 2.79. The quantitative estimate of drug-likeness (QED) is 0.640. The van der Waals surface area contributed by atoms with E-state index in [9.17, 15) is 15.2 Å². The topological polar surface area (TPSA) is 83.6 Å². The van der Waals surface area contributed by atoms with Crippen LogP contribution >= 0.6 is 15.9 Å². The van der Waals surface area contributed by atoms with Crippen molar-refractivity contribution in [1.82, 2.24) is 0 Å². The number of rotatable bonds is 3. The Balaban J connectivity index is 3.21. The Hall–Kier alpha value is -1.14. The predicted octanol–water partition coefficient (Wildman–Crippen LogP) is 1.60. The minimum Gasteiger partial charge on any atom is -0.501 e. The number of halogens is 1. The van der Waals surface area contributed by atoms with Crippen molar-refractivity contribution >= 4 is 21.6 Å². The molecular formula is C8H8BrNO4. The fourth-order valence-corrected chi connectivity index (χ4v) is 1.55. The van der Waals surface area contributed by atoms with Crippen LogP contribution in [0.15, 0.2) is 16.6 Å². The summed E-state index contributed by atoms with van der Waals surface area (Å²) in [6.45, 7) is -0.0889. The second-order valence-electron chi connectivity index (χ2n) is 2.68. The number of nitro benzene ring substituents is 1. The Kier molecular flexibility index (Phi) is 3.43. The molecule has 1 aromatic carbocycles. The molecule has 0 aliphatic carbocycles. The second-order valence-corrected chi connectivity index (χ2v) is 3.53. The summed E-state index contributed by atoms with van der Waals surface area (Å²) < 4.78 is 0.259. The molecule has 6 heteroatoms. The molecule has 1 rings (SSSR count). The first-order valence-electron chi connectivity index (χ1n) is 3.83. The first kappa shape index (κ1) is 10.9. The van der Waals surface area contributed by atoms with Gasteiger partial charge in [-0.25, -0.2) is 0 Å². The van der Waals surface area contributed by atoms with Gasteiger partial charge in [-0.15, -0.1) is 0 Å². The predicted molar refractivity (Wildman–Crippen MR) is 53.3 cm³/mol. The minimum absolute atomic E-state index is 0.0889. The molecule has 0 spiro atoms. The maximum atomic E-state index is 10.5. The number of nitrogens with zero attached hydrogens (tertiary/aromatic N) is 1. The summed E-state index contributed by atoms with van der Waals surface area (Å²) >= 11 is 3.00. The molecule has 0 radical (unpaired) electrons. The van der Waals surface area contributed by atoms with Gasteiger partial charge < -0.3 is 10.2 Å². The molecule has 0 saturated heterocycles. The van der Waals surface area contributed by atoms with Gasteiger partial charge in [0.15, 0.2) is 0 Å². The number of aromatic hydroxyl groups is 1. The SMILES string of the molecule is O=[N+]([O-])c1cc(CCO)cc(Br)c1O. The largest absolute Gasteiger partial charge is 0.501 e. The molecule has 0 atom stereocenters. The van der Waals surface area contributed by atoms with E-state index in [-0.39, 0.29) is 16.8 Å². The minimum atomic E-state index is -0.666. The van der Waals surface area contributed by atoms with E-state index < -0.39 is 10.7 Å². The smallest absolute Gasteiger partial charge is 0.312 e. The molecule has 0 unspecified atom stereocenters. The van der Waals surface area contributed by atoms with E-state index >= 15 is 0 Å². The maximum Gasteiger partial charge on any atom is 0.312 e. The van der Waals surface area contributed by atoms with Crippen LogP contribution in [0.4, 0.5) is 5.69 Å². The first-order valence-corrected chi connectivity index (χ1v) is 4.62. The van der Waals surface area contributed by atoms with Crippen molar-refractivity contribution in [1.29, 1.82) is 0 Å². The van der Waals surface area contributed by atoms with Crippen LogP contribution in [0.3, 0.4) is 0 Å². The summed E-state index contributed by atoms with van der Waals surface area (Å²) in [5.41, 5.74) is 0.242. The van der Waals surface area contributed by atoms with Crippen molar-refractivity contribution in [2.45, 2.75) is 6.42 Å². The number of phenols is 1. The molecule has 0 heterocycles. The number of nitro groups is 1. The Morgan fingerprint density at radius 2 is 2.14 bits per heavy atom. The summed E-state index contributed by atoms with van der Waals surface area (Å²) in [5, 5.41) is 28.5. The highest BCUT2D eigenvalue weighted by molar-refractivity contribution is 9.10. The van der Waals surface area contributed by atoms with Crippen LogP contribution in [0.1, 0.15) is 5.56 Å². The van der Waals surface area contributed by atoms with Crippen molar-refractivity contribution in [3.63, 3.8) is 0 Å². The van der Waals surface area contributed by atoms with Gasteiger partial charge in [-0.2, -0.15) is 0 Å².